The summed E-state index contributed by atoms with van der Waals surface area (Å²) >= 11 is 0. The van der Waals surface area contributed by atoms with Crippen LogP contribution in [0.3, 0.4) is 0 Å². The molecule has 1 heterocycles. The normalized spacial score (nSPS) is 9.92. The second-order valence-electron chi connectivity index (χ2n) is 3.06. The maximum Gasteiger partial charge on any atom is 0.249 e. The van der Waals surface area contributed by atoms with E-state index in [0.717, 1.165) is 18.8 Å². The molecule has 0 unspecified atom stereocenters. The molecule has 13 heavy (non-hydrogen) atoms. The summed E-state index contributed by atoms with van der Waals surface area (Å²) in [6.45, 7) is 3.10. The van der Waals surface area contributed by atoms with Gasteiger partial charge in [-0.3, -0.25) is 4.79 Å². The van der Waals surface area contributed by atoms with E-state index in [2.05, 4.69) is 17.2 Å². The van der Waals surface area contributed by atoms with Gasteiger partial charge in [0.2, 0.25) is 5.56 Å². The van der Waals surface area contributed by atoms with E-state index in [9.17, 15) is 4.79 Å². The van der Waals surface area contributed by atoms with Crippen LogP contribution in [-0.4, -0.2) is 11.5 Å². The van der Waals surface area contributed by atoms with Crippen molar-refractivity contribution in [2.45, 2.75) is 26.2 Å². The molecule has 72 valence electrons. The number of aromatic amines is 1. The summed E-state index contributed by atoms with van der Waals surface area (Å²) < 4.78 is 0. The highest BCUT2D eigenvalue weighted by Gasteiger charge is 1.90. The molecular weight excluding hydrogens is 164 g/mol. The Morgan fingerprint density at radius 2 is 2.23 bits per heavy atom. The molecule has 0 aromatic carbocycles. The third-order valence-corrected chi connectivity index (χ3v) is 1.86. The Labute approximate surface area is 78.2 Å². The van der Waals surface area contributed by atoms with Crippen molar-refractivity contribution in [3.8, 4) is 0 Å². The van der Waals surface area contributed by atoms with E-state index >= 15 is 0 Å². The summed E-state index contributed by atoms with van der Waals surface area (Å²) in [5, 5.41) is 3.16. The fraction of sp³-hybridized carbons (Fsp3) is 0.500. The number of H-pyrrole nitrogens is 1. The van der Waals surface area contributed by atoms with Crippen LogP contribution in [0.5, 0.6) is 0 Å². The molecule has 0 aliphatic heterocycles. The molecule has 0 aliphatic rings. The van der Waals surface area contributed by atoms with Crippen molar-refractivity contribution in [3.63, 3.8) is 0 Å². The van der Waals surface area contributed by atoms with Gasteiger partial charge in [0.05, 0.1) is 0 Å². The number of pyridine rings is 1. The van der Waals surface area contributed by atoms with Crippen molar-refractivity contribution in [1.82, 2.24) is 4.98 Å². The Kier molecular flexibility index (Phi) is 4.09. The summed E-state index contributed by atoms with van der Waals surface area (Å²) in [4.78, 5) is 13.6. The molecule has 0 spiro atoms. The first kappa shape index (κ1) is 9.84. The van der Waals surface area contributed by atoms with Crippen LogP contribution in [-0.2, 0) is 0 Å². The minimum absolute atomic E-state index is 0.0551. The van der Waals surface area contributed by atoms with Crippen molar-refractivity contribution < 1.29 is 0 Å². The fourth-order valence-electron chi connectivity index (χ4n) is 1.15. The molecule has 0 bridgehead atoms. The molecule has 0 saturated carbocycles. The van der Waals surface area contributed by atoms with Gasteiger partial charge in [-0.15, -0.1) is 0 Å². The Morgan fingerprint density at radius 1 is 1.38 bits per heavy atom. The van der Waals surface area contributed by atoms with E-state index < -0.39 is 0 Å². The molecule has 1 aromatic rings. The molecule has 1 aromatic heterocycles. The Morgan fingerprint density at radius 3 is 2.92 bits per heavy atom. The Hall–Kier alpha value is -1.25. The van der Waals surface area contributed by atoms with Crippen LogP contribution in [0, 0.1) is 0 Å². The van der Waals surface area contributed by atoms with Crippen LogP contribution in [0.4, 0.5) is 5.82 Å². The summed E-state index contributed by atoms with van der Waals surface area (Å²) in [5.74, 6) is 0.809. The fourth-order valence-corrected chi connectivity index (χ4v) is 1.15. The number of unbranched alkanes of at least 4 members (excludes halogenated alkanes) is 2. The van der Waals surface area contributed by atoms with Crippen molar-refractivity contribution >= 4 is 5.82 Å². The summed E-state index contributed by atoms with van der Waals surface area (Å²) in [5.41, 5.74) is -0.0551. The van der Waals surface area contributed by atoms with E-state index in [0.29, 0.717) is 0 Å². The van der Waals surface area contributed by atoms with Gasteiger partial charge in [-0.05, 0) is 12.5 Å². The van der Waals surface area contributed by atoms with Crippen LogP contribution in [0.15, 0.2) is 23.0 Å². The minimum Gasteiger partial charge on any atom is -0.372 e. The highest BCUT2D eigenvalue weighted by atomic mass is 16.1. The van der Waals surface area contributed by atoms with Crippen LogP contribution < -0.4 is 10.9 Å². The molecule has 0 radical (unpaired) electrons. The molecular formula is C10H16N2O. The second kappa shape index (κ2) is 5.41. The van der Waals surface area contributed by atoms with Gasteiger partial charge in [-0.25, -0.2) is 0 Å². The maximum absolute atomic E-state index is 10.9. The standard InChI is InChI=1S/C10H16N2O/c1-2-3-4-8-11-9-6-5-7-10(13)12-9/h5-7H,2-4,8H2,1H3,(H2,11,12,13). The third kappa shape index (κ3) is 3.78. The summed E-state index contributed by atoms with van der Waals surface area (Å²) in [6.07, 6.45) is 3.59. The molecule has 1 rings (SSSR count). The Bertz CT molecular complexity index is 293. The predicted octanol–water partition coefficient (Wildman–Crippen LogP) is 1.98. The lowest BCUT2D eigenvalue weighted by Gasteiger charge is -2.04. The van der Waals surface area contributed by atoms with Crippen molar-refractivity contribution in [3.05, 3.63) is 28.6 Å². The average Bonchev–Trinajstić information content (AvgIpc) is 2.13. The number of nitrogens with one attached hydrogen (secondary N) is 2. The highest BCUT2D eigenvalue weighted by Crippen LogP contribution is 1.99. The first-order chi connectivity index (χ1) is 6.33. The zero-order chi connectivity index (χ0) is 9.52. The van der Waals surface area contributed by atoms with E-state index in [1.54, 1.807) is 6.07 Å². The van der Waals surface area contributed by atoms with Crippen molar-refractivity contribution in [1.29, 1.82) is 0 Å². The Balaban J connectivity index is 2.33. The first-order valence-electron chi connectivity index (χ1n) is 4.76. The van der Waals surface area contributed by atoms with E-state index in [1.807, 2.05) is 6.07 Å². The number of hydrogen-bond donors (Lipinski definition) is 2. The minimum atomic E-state index is -0.0551. The zero-order valence-electron chi connectivity index (χ0n) is 7.97. The van der Waals surface area contributed by atoms with Crippen LogP contribution in [0.1, 0.15) is 26.2 Å². The summed E-state index contributed by atoms with van der Waals surface area (Å²) in [7, 11) is 0. The summed E-state index contributed by atoms with van der Waals surface area (Å²) in [6, 6.07) is 5.13. The van der Waals surface area contributed by atoms with Crippen LogP contribution in [0.2, 0.25) is 0 Å². The van der Waals surface area contributed by atoms with Crippen molar-refractivity contribution in [2.24, 2.45) is 0 Å². The van der Waals surface area contributed by atoms with Gasteiger partial charge in [0.1, 0.15) is 5.82 Å². The SMILES string of the molecule is CCCCCNc1cccc(=O)[nH]1. The van der Waals surface area contributed by atoms with Crippen LogP contribution >= 0.6 is 0 Å². The largest absolute Gasteiger partial charge is 0.372 e. The van der Waals surface area contributed by atoms with E-state index in [-0.39, 0.29) is 5.56 Å². The van der Waals surface area contributed by atoms with Gasteiger partial charge in [0, 0.05) is 12.6 Å². The van der Waals surface area contributed by atoms with Crippen LogP contribution in [0.25, 0.3) is 0 Å². The van der Waals surface area contributed by atoms with Gasteiger partial charge in [0.15, 0.2) is 0 Å². The van der Waals surface area contributed by atoms with E-state index in [4.69, 9.17) is 0 Å². The molecule has 2 N–H and O–H groups in total. The van der Waals surface area contributed by atoms with Gasteiger partial charge in [-0.2, -0.15) is 0 Å². The quantitative estimate of drug-likeness (QED) is 0.680. The monoisotopic (exact) mass is 180 g/mol. The maximum atomic E-state index is 10.9. The second-order valence-corrected chi connectivity index (χ2v) is 3.06. The lowest BCUT2D eigenvalue weighted by molar-refractivity contribution is 0.742. The van der Waals surface area contributed by atoms with Gasteiger partial charge in [0.25, 0.3) is 0 Å². The van der Waals surface area contributed by atoms with Crippen molar-refractivity contribution in [2.75, 3.05) is 11.9 Å². The first-order valence-corrected chi connectivity index (χ1v) is 4.76. The topological polar surface area (TPSA) is 44.9 Å². The number of aromatic nitrogens is 1. The van der Waals surface area contributed by atoms with E-state index in [1.165, 1.54) is 18.9 Å². The lowest BCUT2D eigenvalue weighted by atomic mass is 10.2. The predicted molar refractivity (Wildman–Crippen MR) is 55.1 cm³/mol. The molecule has 0 aliphatic carbocycles. The third-order valence-electron chi connectivity index (χ3n) is 1.86. The van der Waals surface area contributed by atoms with Gasteiger partial charge in [-0.1, -0.05) is 25.8 Å². The van der Waals surface area contributed by atoms with Gasteiger partial charge < -0.3 is 10.3 Å². The molecule has 0 atom stereocenters. The van der Waals surface area contributed by atoms with Gasteiger partial charge >= 0.3 is 0 Å². The molecule has 3 heteroatoms. The lowest BCUT2D eigenvalue weighted by Crippen LogP contribution is -2.09. The number of rotatable bonds is 5. The molecule has 0 amide bonds. The molecule has 0 saturated heterocycles. The smallest absolute Gasteiger partial charge is 0.249 e. The number of hydrogen-bond acceptors (Lipinski definition) is 2. The molecule has 3 nitrogen and oxygen atoms in total. The zero-order valence-corrected chi connectivity index (χ0v) is 7.97. The molecule has 0 fully saturated rings. The highest BCUT2D eigenvalue weighted by molar-refractivity contribution is 5.32. The average molecular weight is 180 g/mol. The number of anilines is 1.